The van der Waals surface area contributed by atoms with E-state index >= 15 is 0 Å². The third kappa shape index (κ3) is 4.35. The summed E-state index contributed by atoms with van der Waals surface area (Å²) >= 11 is 2.37. The van der Waals surface area contributed by atoms with Crippen molar-refractivity contribution < 1.29 is 18.0 Å². The predicted molar refractivity (Wildman–Crippen MR) is 93.4 cm³/mol. The third-order valence-electron chi connectivity index (χ3n) is 3.68. The second-order valence-electron chi connectivity index (χ2n) is 5.50. The molecule has 2 aromatic rings. The molecule has 0 fully saturated rings. The van der Waals surface area contributed by atoms with Crippen LogP contribution in [0.15, 0.2) is 9.95 Å². The minimum atomic E-state index is -4.46. The van der Waals surface area contributed by atoms with Crippen molar-refractivity contribution in [3.8, 4) is 0 Å². The molecule has 5 nitrogen and oxygen atoms in total. The summed E-state index contributed by atoms with van der Waals surface area (Å²) in [5, 5.41) is 1.92. The fraction of sp³-hybridized carbons (Fsp3) is 0.533. The second-order valence-corrected chi connectivity index (χ2v) is 8.01. The lowest BCUT2D eigenvalue weighted by atomic mass is 10.2. The highest BCUT2D eigenvalue weighted by molar-refractivity contribution is 8.00. The predicted octanol–water partition coefficient (Wildman–Crippen LogP) is 3.25. The van der Waals surface area contributed by atoms with Crippen molar-refractivity contribution in [1.82, 2.24) is 14.9 Å². The third-order valence-corrected chi connectivity index (χ3v) is 5.88. The van der Waals surface area contributed by atoms with E-state index in [0.29, 0.717) is 21.9 Å². The van der Waals surface area contributed by atoms with Crippen LogP contribution in [0.1, 0.15) is 24.3 Å². The molecule has 0 saturated heterocycles. The zero-order valence-electron chi connectivity index (χ0n) is 14.2. The number of aromatic nitrogens is 2. The van der Waals surface area contributed by atoms with E-state index in [0.717, 1.165) is 22.2 Å². The van der Waals surface area contributed by atoms with Gasteiger partial charge in [-0.2, -0.15) is 13.2 Å². The Balaban J connectivity index is 2.31. The van der Waals surface area contributed by atoms with Gasteiger partial charge in [0.2, 0.25) is 5.91 Å². The number of halogens is 3. The Hall–Kier alpha value is -1.55. The Morgan fingerprint density at radius 2 is 2.04 bits per heavy atom. The van der Waals surface area contributed by atoms with Crippen molar-refractivity contribution in [2.24, 2.45) is 0 Å². The summed E-state index contributed by atoms with van der Waals surface area (Å²) in [5.74, 6) is -0.752. The van der Waals surface area contributed by atoms with Gasteiger partial charge in [-0.3, -0.25) is 14.2 Å². The monoisotopic (exact) mass is 393 g/mol. The molecule has 0 saturated carbocycles. The number of thiophene rings is 1. The van der Waals surface area contributed by atoms with E-state index in [1.807, 2.05) is 19.2 Å². The average Bonchev–Trinajstić information content (AvgIpc) is 2.79. The van der Waals surface area contributed by atoms with E-state index in [2.05, 4.69) is 4.98 Å². The van der Waals surface area contributed by atoms with Crippen LogP contribution in [-0.4, -0.2) is 33.4 Å². The van der Waals surface area contributed by atoms with Crippen LogP contribution in [0.4, 0.5) is 13.2 Å². The fourth-order valence-corrected chi connectivity index (χ4v) is 4.29. The molecule has 0 bridgehead atoms. The van der Waals surface area contributed by atoms with E-state index in [9.17, 15) is 22.8 Å². The maximum atomic E-state index is 12.7. The number of nitrogens with zero attached hydrogens (tertiary/aromatic N) is 2. The molecule has 1 unspecified atom stereocenters. The first-order valence-electron chi connectivity index (χ1n) is 7.56. The molecule has 1 atom stereocenters. The van der Waals surface area contributed by atoms with Gasteiger partial charge in [0, 0.05) is 11.4 Å². The number of nitrogens with one attached hydrogen (secondary N) is 1. The van der Waals surface area contributed by atoms with Crippen LogP contribution in [0.5, 0.6) is 0 Å². The lowest BCUT2D eigenvalue weighted by Crippen LogP contribution is -2.38. The molecule has 0 radical (unpaired) electrons. The van der Waals surface area contributed by atoms with Gasteiger partial charge in [0.05, 0.1) is 10.6 Å². The molecule has 0 spiro atoms. The molecular weight excluding hydrogens is 375 g/mol. The van der Waals surface area contributed by atoms with Crippen LogP contribution in [0.25, 0.3) is 10.2 Å². The van der Waals surface area contributed by atoms with Gasteiger partial charge in [-0.1, -0.05) is 11.8 Å². The van der Waals surface area contributed by atoms with Gasteiger partial charge < -0.3 is 5.32 Å². The number of fused-ring (bicyclic) bond motifs is 1. The van der Waals surface area contributed by atoms with E-state index < -0.39 is 23.9 Å². The molecular formula is C15H18F3N3O2S2. The van der Waals surface area contributed by atoms with Crippen LogP contribution in [0, 0.1) is 13.8 Å². The minimum Gasteiger partial charge on any atom is -0.346 e. The van der Waals surface area contributed by atoms with Crippen LogP contribution >= 0.6 is 23.1 Å². The number of amides is 1. The normalized spacial score (nSPS) is 13.2. The van der Waals surface area contributed by atoms with Crippen molar-refractivity contribution in [2.45, 2.75) is 50.8 Å². The number of hydrogen-bond donors (Lipinski definition) is 1. The number of hydrogen-bond acceptors (Lipinski definition) is 5. The van der Waals surface area contributed by atoms with Crippen LogP contribution < -0.4 is 10.9 Å². The summed E-state index contributed by atoms with van der Waals surface area (Å²) < 4.78 is 38.1. The summed E-state index contributed by atoms with van der Waals surface area (Å²) in [6.45, 7) is 6.00. The molecule has 0 aromatic carbocycles. The van der Waals surface area contributed by atoms with Gasteiger partial charge >= 0.3 is 6.18 Å². The first-order valence-corrected chi connectivity index (χ1v) is 9.26. The number of carbonyl (C=O) groups is 1. The molecule has 0 aliphatic rings. The highest BCUT2D eigenvalue weighted by Crippen LogP contribution is 2.29. The first-order chi connectivity index (χ1) is 11.5. The SMILES string of the molecule is CCn1c(SC(C)C(=O)NCC(F)(F)F)nc2sc(C)c(C)c2c1=O. The zero-order chi connectivity index (χ0) is 18.9. The molecule has 0 aliphatic carbocycles. The number of thioether (sulfide) groups is 1. The van der Waals surface area contributed by atoms with Crippen LogP contribution in [0.2, 0.25) is 0 Å². The molecule has 138 valence electrons. The van der Waals surface area contributed by atoms with Crippen molar-refractivity contribution in [2.75, 3.05) is 6.54 Å². The van der Waals surface area contributed by atoms with E-state index in [4.69, 9.17) is 0 Å². The average molecular weight is 393 g/mol. The quantitative estimate of drug-likeness (QED) is 0.626. The van der Waals surface area contributed by atoms with Crippen molar-refractivity contribution in [1.29, 1.82) is 0 Å². The number of aryl methyl sites for hydroxylation is 2. The first kappa shape index (κ1) is 19.8. The molecule has 2 heterocycles. The molecule has 25 heavy (non-hydrogen) atoms. The molecule has 2 aromatic heterocycles. The Kier molecular flexibility index (Phi) is 5.82. The van der Waals surface area contributed by atoms with Gasteiger partial charge in [0.1, 0.15) is 11.4 Å². The Bertz CT molecular complexity index is 858. The summed E-state index contributed by atoms with van der Waals surface area (Å²) in [6.07, 6.45) is -4.46. The van der Waals surface area contributed by atoms with E-state index in [1.165, 1.54) is 22.8 Å². The number of carbonyl (C=O) groups excluding carboxylic acids is 1. The summed E-state index contributed by atoms with van der Waals surface area (Å²) in [7, 11) is 0. The van der Waals surface area contributed by atoms with Crippen LogP contribution in [0.3, 0.4) is 0 Å². The largest absolute Gasteiger partial charge is 0.405 e. The van der Waals surface area contributed by atoms with Gasteiger partial charge in [0.15, 0.2) is 5.16 Å². The Morgan fingerprint density at radius 3 is 2.60 bits per heavy atom. The Labute approximate surface area is 150 Å². The van der Waals surface area contributed by atoms with Gasteiger partial charge in [-0.15, -0.1) is 11.3 Å². The highest BCUT2D eigenvalue weighted by atomic mass is 32.2. The molecule has 2 rings (SSSR count). The zero-order valence-corrected chi connectivity index (χ0v) is 15.8. The molecule has 1 N–H and O–H groups in total. The highest BCUT2D eigenvalue weighted by Gasteiger charge is 2.29. The topological polar surface area (TPSA) is 64.0 Å². The van der Waals surface area contributed by atoms with Crippen molar-refractivity contribution in [3.63, 3.8) is 0 Å². The van der Waals surface area contributed by atoms with Gasteiger partial charge in [-0.05, 0) is 33.3 Å². The standard InChI is InChI=1S/C15H18F3N3O2S2/c1-5-21-13(23)10-7(2)8(3)24-12(10)20-14(21)25-9(4)11(22)19-6-15(16,17)18/h9H,5-6H2,1-4H3,(H,19,22). The summed E-state index contributed by atoms with van der Waals surface area (Å²) in [6, 6.07) is 0. The second kappa shape index (κ2) is 7.36. The van der Waals surface area contributed by atoms with Crippen molar-refractivity contribution in [3.05, 3.63) is 20.8 Å². The lowest BCUT2D eigenvalue weighted by Gasteiger charge is -2.15. The Morgan fingerprint density at radius 1 is 1.40 bits per heavy atom. The lowest BCUT2D eigenvalue weighted by molar-refractivity contribution is -0.137. The molecule has 0 aliphatic heterocycles. The molecule has 10 heteroatoms. The van der Waals surface area contributed by atoms with Crippen molar-refractivity contribution >= 4 is 39.2 Å². The van der Waals surface area contributed by atoms with Gasteiger partial charge in [0.25, 0.3) is 5.56 Å². The molecule has 1 amide bonds. The number of rotatable bonds is 5. The van der Waals surface area contributed by atoms with Gasteiger partial charge in [-0.25, -0.2) is 4.98 Å². The fourth-order valence-electron chi connectivity index (χ4n) is 2.22. The van der Waals surface area contributed by atoms with E-state index in [1.54, 1.807) is 6.92 Å². The van der Waals surface area contributed by atoms with Crippen LogP contribution in [-0.2, 0) is 11.3 Å². The van der Waals surface area contributed by atoms with E-state index in [-0.39, 0.29) is 5.56 Å². The maximum Gasteiger partial charge on any atom is 0.405 e. The number of alkyl halides is 3. The summed E-state index contributed by atoms with van der Waals surface area (Å²) in [4.78, 5) is 30.6. The smallest absolute Gasteiger partial charge is 0.346 e. The maximum absolute atomic E-state index is 12.7. The minimum absolute atomic E-state index is 0.195. The summed E-state index contributed by atoms with van der Waals surface area (Å²) in [5.41, 5.74) is 0.687.